The van der Waals surface area contributed by atoms with Gasteiger partial charge in [-0.2, -0.15) is 0 Å². The molecule has 1 heterocycles. The van der Waals surface area contributed by atoms with Gasteiger partial charge in [-0.1, -0.05) is 54.6 Å². The molecule has 0 unspecified atom stereocenters. The zero-order valence-corrected chi connectivity index (χ0v) is 16.1. The van der Waals surface area contributed by atoms with Crippen LogP contribution in [0.2, 0.25) is 0 Å². The average Bonchev–Trinajstić information content (AvgIpc) is 2.71. The van der Waals surface area contributed by atoms with E-state index in [9.17, 15) is 5.11 Å². The molecule has 0 radical (unpaired) electrons. The molecule has 7 heteroatoms. The quantitative estimate of drug-likeness (QED) is 0.665. The number of phenols is 1. The van der Waals surface area contributed by atoms with Gasteiger partial charge in [-0.15, -0.1) is 0 Å². The summed E-state index contributed by atoms with van der Waals surface area (Å²) in [5.74, 6) is -3.29. The van der Waals surface area contributed by atoms with Crippen molar-refractivity contribution in [1.82, 2.24) is 9.80 Å². The lowest BCUT2D eigenvalue weighted by atomic mass is 10.2. The highest BCUT2D eigenvalue weighted by Crippen LogP contribution is 2.14. The van der Waals surface area contributed by atoms with Gasteiger partial charge in [0.05, 0.1) is 0 Å². The number of nitrogens with zero attached hydrogens (tertiary/aromatic N) is 2. The van der Waals surface area contributed by atoms with Crippen molar-refractivity contribution in [3.63, 3.8) is 0 Å². The molecule has 3 N–H and O–H groups in total. The number of piperazine rings is 1. The molecule has 2 aromatic carbocycles. The van der Waals surface area contributed by atoms with Gasteiger partial charge in [0.25, 0.3) is 0 Å². The minimum absolute atomic E-state index is 0.354. The molecular formula is C22H26N2O5. The lowest BCUT2D eigenvalue weighted by Gasteiger charge is -2.34. The molecule has 1 aliphatic heterocycles. The fraction of sp³-hybridized carbons (Fsp3) is 0.273. The molecule has 1 aliphatic rings. The van der Waals surface area contributed by atoms with Crippen molar-refractivity contribution >= 4 is 18.0 Å². The van der Waals surface area contributed by atoms with Gasteiger partial charge in [0, 0.05) is 39.3 Å². The first-order valence-corrected chi connectivity index (χ1v) is 9.34. The van der Waals surface area contributed by atoms with E-state index in [1.54, 1.807) is 6.07 Å². The fourth-order valence-corrected chi connectivity index (χ4v) is 2.95. The fourth-order valence-electron chi connectivity index (χ4n) is 2.95. The highest BCUT2D eigenvalue weighted by molar-refractivity contribution is 6.27. The van der Waals surface area contributed by atoms with Crippen LogP contribution < -0.4 is 0 Å². The first kappa shape index (κ1) is 22.1. The van der Waals surface area contributed by atoms with Crippen molar-refractivity contribution in [1.29, 1.82) is 0 Å². The molecule has 0 aromatic heterocycles. The van der Waals surface area contributed by atoms with Gasteiger partial charge in [0.1, 0.15) is 5.75 Å². The van der Waals surface area contributed by atoms with Crippen molar-refractivity contribution in [3.05, 3.63) is 71.8 Å². The Balaban J connectivity index is 0.000000438. The van der Waals surface area contributed by atoms with Crippen molar-refractivity contribution < 1.29 is 24.9 Å². The average molecular weight is 398 g/mol. The largest absolute Gasteiger partial charge is 0.508 e. The third-order valence-electron chi connectivity index (χ3n) is 4.44. The number of aliphatic carboxylic acids is 2. The predicted molar refractivity (Wildman–Crippen MR) is 111 cm³/mol. The monoisotopic (exact) mass is 398 g/mol. The summed E-state index contributed by atoms with van der Waals surface area (Å²) in [5.41, 5.74) is 2.44. The summed E-state index contributed by atoms with van der Waals surface area (Å²) < 4.78 is 0. The van der Waals surface area contributed by atoms with Crippen LogP contribution in [0.15, 0.2) is 60.7 Å². The van der Waals surface area contributed by atoms with Crippen molar-refractivity contribution in [2.24, 2.45) is 0 Å². The molecule has 0 amide bonds. The van der Waals surface area contributed by atoms with E-state index in [2.05, 4.69) is 52.3 Å². The molecule has 154 valence electrons. The molecular weight excluding hydrogens is 372 g/mol. The molecule has 1 saturated heterocycles. The van der Waals surface area contributed by atoms with Crippen LogP contribution in [0.25, 0.3) is 6.08 Å². The summed E-state index contributed by atoms with van der Waals surface area (Å²) in [7, 11) is 0. The molecule has 7 nitrogen and oxygen atoms in total. The van der Waals surface area contributed by atoms with Crippen LogP contribution in [0.4, 0.5) is 0 Å². The molecule has 29 heavy (non-hydrogen) atoms. The topological polar surface area (TPSA) is 101 Å². The predicted octanol–water partition coefficient (Wildman–Crippen LogP) is 2.38. The maximum absolute atomic E-state index is 9.54. The van der Waals surface area contributed by atoms with Gasteiger partial charge in [-0.05, 0) is 23.3 Å². The summed E-state index contributed by atoms with van der Waals surface area (Å²) in [6.07, 6.45) is 4.44. The lowest BCUT2D eigenvalue weighted by Crippen LogP contribution is -2.45. The van der Waals surface area contributed by atoms with Gasteiger partial charge in [0.15, 0.2) is 0 Å². The number of phenolic OH excluding ortho intramolecular Hbond substituents is 1. The Morgan fingerprint density at radius 2 is 1.48 bits per heavy atom. The number of hydrogen-bond acceptors (Lipinski definition) is 5. The number of aromatic hydroxyl groups is 1. The summed E-state index contributed by atoms with van der Waals surface area (Å²) >= 11 is 0. The third-order valence-corrected chi connectivity index (χ3v) is 4.44. The molecule has 0 aliphatic carbocycles. The van der Waals surface area contributed by atoms with E-state index in [1.165, 1.54) is 11.1 Å². The van der Waals surface area contributed by atoms with Crippen molar-refractivity contribution in [3.8, 4) is 5.75 Å². The Kier molecular flexibility index (Phi) is 8.88. The molecule has 0 saturated carbocycles. The number of carbonyl (C=O) groups is 2. The van der Waals surface area contributed by atoms with Gasteiger partial charge < -0.3 is 15.3 Å². The van der Waals surface area contributed by atoms with Crippen LogP contribution in [0.5, 0.6) is 5.75 Å². The van der Waals surface area contributed by atoms with Gasteiger partial charge in [-0.25, -0.2) is 9.59 Å². The Morgan fingerprint density at radius 3 is 2.07 bits per heavy atom. The zero-order chi connectivity index (χ0) is 21.1. The normalized spacial score (nSPS) is 14.9. The molecule has 0 atom stereocenters. The first-order valence-electron chi connectivity index (χ1n) is 9.34. The van der Waals surface area contributed by atoms with Crippen LogP contribution in [0.3, 0.4) is 0 Å². The number of carboxylic acids is 2. The second-order valence-electron chi connectivity index (χ2n) is 6.67. The van der Waals surface area contributed by atoms with E-state index in [1.807, 2.05) is 18.2 Å². The standard InChI is InChI=1S/C20H24N2O.C2H2O4/c23-20-10-4-8-19(16-20)17-22-14-12-21(13-15-22)11-5-9-18-6-2-1-3-7-18;3-1(4)2(5)6/h1-10,16,23H,11-15,17H2;(H,3,4)(H,5,6). The molecule has 0 spiro atoms. The second kappa shape index (κ2) is 11.6. The van der Waals surface area contributed by atoms with Crippen LogP contribution in [0, 0.1) is 0 Å². The molecule has 1 fully saturated rings. The van der Waals surface area contributed by atoms with Crippen molar-refractivity contribution in [2.75, 3.05) is 32.7 Å². The van der Waals surface area contributed by atoms with Crippen LogP contribution in [-0.4, -0.2) is 69.8 Å². The highest BCUT2D eigenvalue weighted by Gasteiger charge is 2.15. The molecule has 2 aromatic rings. The van der Waals surface area contributed by atoms with E-state index in [0.717, 1.165) is 39.3 Å². The molecule has 3 rings (SSSR count). The van der Waals surface area contributed by atoms with E-state index in [0.29, 0.717) is 5.75 Å². The van der Waals surface area contributed by atoms with Gasteiger partial charge >= 0.3 is 11.9 Å². The maximum atomic E-state index is 9.54. The number of hydrogen-bond donors (Lipinski definition) is 3. The summed E-state index contributed by atoms with van der Waals surface area (Å²) in [6.45, 7) is 6.27. The Bertz CT molecular complexity index is 803. The van der Waals surface area contributed by atoms with Crippen LogP contribution >= 0.6 is 0 Å². The minimum Gasteiger partial charge on any atom is -0.508 e. The zero-order valence-electron chi connectivity index (χ0n) is 16.1. The second-order valence-corrected chi connectivity index (χ2v) is 6.67. The van der Waals surface area contributed by atoms with E-state index in [4.69, 9.17) is 19.8 Å². The van der Waals surface area contributed by atoms with E-state index < -0.39 is 11.9 Å². The van der Waals surface area contributed by atoms with E-state index >= 15 is 0 Å². The Labute approximate surface area is 170 Å². The minimum atomic E-state index is -1.82. The SMILES string of the molecule is O=C(O)C(=O)O.Oc1cccc(CN2CCN(CC=Cc3ccccc3)CC2)c1. The Morgan fingerprint density at radius 1 is 0.862 bits per heavy atom. The van der Waals surface area contributed by atoms with Crippen LogP contribution in [0.1, 0.15) is 11.1 Å². The maximum Gasteiger partial charge on any atom is 0.414 e. The molecule has 0 bridgehead atoms. The van der Waals surface area contributed by atoms with Crippen molar-refractivity contribution in [2.45, 2.75) is 6.54 Å². The third kappa shape index (κ3) is 8.59. The Hall–Kier alpha value is -3.16. The number of rotatable bonds is 5. The summed E-state index contributed by atoms with van der Waals surface area (Å²) in [6, 6.07) is 18.0. The van der Waals surface area contributed by atoms with Crippen LogP contribution in [-0.2, 0) is 16.1 Å². The summed E-state index contributed by atoms with van der Waals surface area (Å²) in [5, 5.41) is 24.3. The highest BCUT2D eigenvalue weighted by atomic mass is 16.4. The number of carboxylic acid groups (broad SMARTS) is 2. The summed E-state index contributed by atoms with van der Waals surface area (Å²) in [4.78, 5) is 23.1. The lowest BCUT2D eigenvalue weighted by molar-refractivity contribution is -0.159. The van der Waals surface area contributed by atoms with Gasteiger partial charge in [-0.3, -0.25) is 9.80 Å². The van der Waals surface area contributed by atoms with Gasteiger partial charge in [0.2, 0.25) is 0 Å². The smallest absolute Gasteiger partial charge is 0.414 e. The first-order chi connectivity index (χ1) is 13.9. The number of benzene rings is 2. The van der Waals surface area contributed by atoms with E-state index in [-0.39, 0.29) is 0 Å².